The minimum absolute atomic E-state index is 0.103. The van der Waals surface area contributed by atoms with Crippen LogP contribution in [0.15, 0.2) is 24.3 Å². The molecule has 1 heterocycles. The van der Waals surface area contributed by atoms with Crippen molar-refractivity contribution in [2.75, 3.05) is 44.0 Å². The van der Waals surface area contributed by atoms with Gasteiger partial charge in [0.2, 0.25) is 11.8 Å². The van der Waals surface area contributed by atoms with Crippen molar-refractivity contribution in [3.8, 4) is 6.07 Å². The number of ether oxygens (including phenoxy) is 1. The quantitative estimate of drug-likeness (QED) is 0.506. The summed E-state index contributed by atoms with van der Waals surface area (Å²) in [6.07, 6.45) is 1.29. The fourth-order valence-corrected chi connectivity index (χ4v) is 3.41. The van der Waals surface area contributed by atoms with Gasteiger partial charge >= 0.3 is 5.97 Å². The molecule has 9 heteroatoms. The van der Waals surface area contributed by atoms with Crippen LogP contribution in [0.5, 0.6) is 0 Å². The van der Waals surface area contributed by atoms with Crippen molar-refractivity contribution < 1.29 is 19.1 Å². The number of amides is 2. The Labute approximate surface area is 175 Å². The van der Waals surface area contributed by atoms with E-state index in [1.807, 2.05) is 11.0 Å². The van der Waals surface area contributed by atoms with Crippen molar-refractivity contribution in [2.45, 2.75) is 25.8 Å². The van der Waals surface area contributed by atoms with Crippen molar-refractivity contribution in [1.82, 2.24) is 9.80 Å². The summed E-state index contributed by atoms with van der Waals surface area (Å²) in [6.45, 7) is 3.50. The lowest BCUT2D eigenvalue weighted by atomic mass is 10.0. The van der Waals surface area contributed by atoms with Crippen LogP contribution in [0.25, 0.3) is 0 Å². The fourth-order valence-electron chi connectivity index (χ4n) is 3.26. The van der Waals surface area contributed by atoms with E-state index in [1.165, 1.54) is 4.90 Å². The number of piperidine rings is 1. The number of benzene rings is 1. The second-order valence-corrected chi connectivity index (χ2v) is 6.97. The maximum Gasteiger partial charge on any atom is 0.320 e. The summed E-state index contributed by atoms with van der Waals surface area (Å²) in [5, 5.41) is 11.6. The van der Waals surface area contributed by atoms with E-state index in [9.17, 15) is 14.4 Å². The minimum Gasteiger partial charge on any atom is -0.465 e. The van der Waals surface area contributed by atoms with Crippen molar-refractivity contribution in [1.29, 1.82) is 5.26 Å². The number of nitrogens with one attached hydrogen (secondary N) is 1. The molecule has 29 heavy (non-hydrogen) atoms. The van der Waals surface area contributed by atoms with Crippen LogP contribution in [0, 0.1) is 11.3 Å². The van der Waals surface area contributed by atoms with Crippen molar-refractivity contribution >= 4 is 35.1 Å². The van der Waals surface area contributed by atoms with Crippen LogP contribution in [0.4, 0.5) is 5.69 Å². The van der Waals surface area contributed by atoms with Gasteiger partial charge < -0.3 is 15.0 Å². The number of likely N-dealkylation sites (tertiary alicyclic amines) is 1. The van der Waals surface area contributed by atoms with Crippen molar-refractivity contribution in [2.24, 2.45) is 0 Å². The Hall–Kier alpha value is -2.63. The van der Waals surface area contributed by atoms with Gasteiger partial charge in [-0.2, -0.15) is 5.26 Å². The van der Waals surface area contributed by atoms with E-state index in [4.69, 9.17) is 21.6 Å². The predicted octanol–water partition coefficient (Wildman–Crippen LogP) is 1.59. The van der Waals surface area contributed by atoms with Gasteiger partial charge in [0.1, 0.15) is 12.4 Å². The molecule has 1 saturated heterocycles. The minimum atomic E-state index is -0.331. The third kappa shape index (κ3) is 7.04. The maximum atomic E-state index is 12.4. The van der Waals surface area contributed by atoms with Gasteiger partial charge in [-0.15, -0.1) is 11.6 Å². The second kappa shape index (κ2) is 11.4. The Bertz CT molecular complexity index is 755. The molecule has 1 aromatic rings. The van der Waals surface area contributed by atoms with Crippen molar-refractivity contribution in [3.63, 3.8) is 0 Å². The molecular weight excluding hydrogens is 396 g/mol. The standard InChI is InChI=1S/C20H25ClN4O4/c1-2-29-20(28)14-24-9-7-17(8-10-24)25(19(27)11-21)13-18(26)23-16-5-3-15(12-22)4-6-16/h3-6,17H,2,7-11,13-14H2,1H3,(H,23,26). The molecule has 1 fully saturated rings. The molecule has 2 rings (SSSR count). The predicted molar refractivity (Wildman–Crippen MR) is 108 cm³/mol. The molecule has 0 aliphatic carbocycles. The molecule has 1 N–H and O–H groups in total. The highest BCUT2D eigenvalue weighted by atomic mass is 35.5. The summed E-state index contributed by atoms with van der Waals surface area (Å²) in [4.78, 5) is 39.9. The molecule has 0 unspecified atom stereocenters. The number of hydrogen-bond acceptors (Lipinski definition) is 6. The number of halogens is 1. The van der Waals surface area contributed by atoms with Gasteiger partial charge in [0.25, 0.3) is 0 Å². The Morgan fingerprint density at radius 2 is 1.93 bits per heavy atom. The van der Waals surface area contributed by atoms with Crippen LogP contribution in [-0.4, -0.2) is 72.3 Å². The number of alkyl halides is 1. The summed E-state index contributed by atoms with van der Waals surface area (Å²) in [5.41, 5.74) is 1.05. The van der Waals surface area contributed by atoms with Gasteiger partial charge in [-0.3, -0.25) is 19.3 Å². The topological polar surface area (TPSA) is 103 Å². The lowest BCUT2D eigenvalue weighted by Gasteiger charge is -2.37. The average molecular weight is 421 g/mol. The highest BCUT2D eigenvalue weighted by Gasteiger charge is 2.29. The lowest BCUT2D eigenvalue weighted by molar-refractivity contribution is -0.145. The van der Waals surface area contributed by atoms with Gasteiger partial charge in [-0.1, -0.05) is 0 Å². The molecule has 2 amide bonds. The van der Waals surface area contributed by atoms with Crippen LogP contribution >= 0.6 is 11.6 Å². The number of anilines is 1. The van der Waals surface area contributed by atoms with E-state index >= 15 is 0 Å². The summed E-state index contributed by atoms with van der Waals surface area (Å²) in [6, 6.07) is 8.38. The van der Waals surface area contributed by atoms with Crippen LogP contribution in [0.3, 0.4) is 0 Å². The second-order valence-electron chi connectivity index (χ2n) is 6.70. The number of nitrogens with zero attached hydrogens (tertiary/aromatic N) is 3. The largest absolute Gasteiger partial charge is 0.465 e. The van der Waals surface area contributed by atoms with E-state index in [1.54, 1.807) is 31.2 Å². The summed E-state index contributed by atoms with van der Waals surface area (Å²) >= 11 is 5.75. The van der Waals surface area contributed by atoms with Gasteiger partial charge in [0.15, 0.2) is 0 Å². The van der Waals surface area contributed by atoms with Gasteiger partial charge in [-0.25, -0.2) is 0 Å². The van der Waals surface area contributed by atoms with Crippen LogP contribution < -0.4 is 5.32 Å². The zero-order chi connectivity index (χ0) is 21.2. The molecule has 0 bridgehead atoms. The molecule has 0 radical (unpaired) electrons. The van der Waals surface area contributed by atoms with E-state index in [-0.39, 0.29) is 42.8 Å². The SMILES string of the molecule is CCOC(=O)CN1CCC(N(CC(=O)Nc2ccc(C#N)cc2)C(=O)CCl)CC1. The summed E-state index contributed by atoms with van der Waals surface area (Å²) < 4.78 is 4.96. The highest BCUT2D eigenvalue weighted by Crippen LogP contribution is 2.18. The molecule has 0 aromatic heterocycles. The molecule has 1 aliphatic heterocycles. The first kappa shape index (κ1) is 22.7. The summed E-state index contributed by atoms with van der Waals surface area (Å²) in [5.74, 6) is -1.10. The average Bonchev–Trinajstić information content (AvgIpc) is 2.73. The van der Waals surface area contributed by atoms with E-state index in [2.05, 4.69) is 5.32 Å². The monoisotopic (exact) mass is 420 g/mol. The molecule has 1 aromatic carbocycles. The van der Waals surface area contributed by atoms with Gasteiger partial charge in [0.05, 0.1) is 24.8 Å². The smallest absolute Gasteiger partial charge is 0.320 e. The number of rotatable bonds is 8. The molecule has 8 nitrogen and oxygen atoms in total. The van der Waals surface area contributed by atoms with Crippen LogP contribution in [0.2, 0.25) is 0 Å². The Morgan fingerprint density at radius 3 is 2.48 bits per heavy atom. The molecule has 0 spiro atoms. The highest BCUT2D eigenvalue weighted by molar-refractivity contribution is 6.27. The number of hydrogen-bond donors (Lipinski definition) is 1. The van der Waals surface area contributed by atoms with Gasteiger partial charge in [0, 0.05) is 24.8 Å². The summed E-state index contributed by atoms with van der Waals surface area (Å²) in [7, 11) is 0. The number of nitriles is 1. The first-order chi connectivity index (χ1) is 14.0. The molecule has 0 saturated carbocycles. The van der Waals surface area contributed by atoms with E-state index < -0.39 is 0 Å². The number of carbonyl (C=O) groups excluding carboxylic acids is 3. The van der Waals surface area contributed by atoms with Crippen molar-refractivity contribution in [3.05, 3.63) is 29.8 Å². The molecule has 156 valence electrons. The normalized spacial score (nSPS) is 14.7. The maximum absolute atomic E-state index is 12.4. The zero-order valence-electron chi connectivity index (χ0n) is 16.4. The first-order valence-electron chi connectivity index (χ1n) is 9.50. The third-order valence-electron chi connectivity index (χ3n) is 4.70. The van der Waals surface area contributed by atoms with E-state index in [0.717, 1.165) is 0 Å². The van der Waals surface area contributed by atoms with Crippen LogP contribution in [-0.2, 0) is 19.1 Å². The fraction of sp³-hybridized carbons (Fsp3) is 0.500. The molecule has 1 aliphatic rings. The lowest BCUT2D eigenvalue weighted by Crippen LogP contribution is -2.51. The Balaban J connectivity index is 1.92. The Morgan fingerprint density at radius 1 is 1.28 bits per heavy atom. The van der Waals surface area contributed by atoms with E-state index in [0.29, 0.717) is 43.8 Å². The number of carbonyl (C=O) groups is 3. The first-order valence-corrected chi connectivity index (χ1v) is 10.0. The molecular formula is C20H25ClN4O4. The molecule has 0 atom stereocenters. The Kier molecular flexibility index (Phi) is 8.90. The van der Waals surface area contributed by atoms with Gasteiger partial charge in [-0.05, 0) is 44.0 Å². The zero-order valence-corrected chi connectivity index (χ0v) is 17.2. The number of esters is 1. The third-order valence-corrected chi connectivity index (χ3v) is 4.93. The van der Waals surface area contributed by atoms with Crippen LogP contribution in [0.1, 0.15) is 25.3 Å².